The van der Waals surface area contributed by atoms with Gasteiger partial charge in [0.1, 0.15) is 5.82 Å². The van der Waals surface area contributed by atoms with Crippen molar-refractivity contribution in [1.29, 1.82) is 0 Å². The molecule has 2 aliphatic heterocycles. The van der Waals surface area contributed by atoms with Crippen LogP contribution in [0.3, 0.4) is 0 Å². The number of benzene rings is 1. The molecule has 3 aromatic rings. The molecular formula is C22H29N7O. The maximum atomic E-state index is 5.50. The van der Waals surface area contributed by atoms with Crippen LogP contribution in [0.4, 0.5) is 11.5 Å². The summed E-state index contributed by atoms with van der Waals surface area (Å²) in [6.45, 7) is 12.2. The number of rotatable bonds is 4. The van der Waals surface area contributed by atoms with Crippen molar-refractivity contribution in [2.24, 2.45) is 0 Å². The maximum Gasteiger partial charge on any atom is 0.254 e. The third kappa shape index (κ3) is 3.97. The highest BCUT2D eigenvalue weighted by Crippen LogP contribution is 2.20. The molecule has 8 nitrogen and oxygen atoms in total. The lowest BCUT2D eigenvalue weighted by atomic mass is 10.2. The molecule has 158 valence electrons. The zero-order valence-electron chi connectivity index (χ0n) is 17.8. The quantitative estimate of drug-likeness (QED) is 0.655. The van der Waals surface area contributed by atoms with Gasteiger partial charge in [0.15, 0.2) is 5.82 Å². The molecule has 0 amide bonds. The van der Waals surface area contributed by atoms with Crippen LogP contribution in [0.25, 0.3) is 5.78 Å². The van der Waals surface area contributed by atoms with Gasteiger partial charge in [-0.1, -0.05) is 12.1 Å². The largest absolute Gasteiger partial charge is 0.378 e. The molecule has 0 saturated carbocycles. The van der Waals surface area contributed by atoms with E-state index in [1.807, 2.05) is 11.4 Å². The van der Waals surface area contributed by atoms with Gasteiger partial charge in [-0.2, -0.15) is 9.50 Å². The van der Waals surface area contributed by atoms with Crippen molar-refractivity contribution in [3.05, 3.63) is 47.4 Å². The van der Waals surface area contributed by atoms with Crippen LogP contribution in [-0.4, -0.2) is 77.0 Å². The number of morpholine rings is 1. The molecule has 0 bridgehead atoms. The molecule has 0 N–H and O–H groups in total. The number of hydrogen-bond acceptors (Lipinski definition) is 7. The molecule has 8 heteroatoms. The summed E-state index contributed by atoms with van der Waals surface area (Å²) in [5, 5.41) is 4.82. The van der Waals surface area contributed by atoms with Gasteiger partial charge in [0, 0.05) is 56.7 Å². The molecule has 30 heavy (non-hydrogen) atoms. The predicted molar refractivity (Wildman–Crippen MR) is 117 cm³/mol. The van der Waals surface area contributed by atoms with Gasteiger partial charge in [-0.3, -0.25) is 4.90 Å². The highest BCUT2D eigenvalue weighted by atomic mass is 16.5. The smallest absolute Gasteiger partial charge is 0.254 e. The molecule has 2 saturated heterocycles. The first-order chi connectivity index (χ1) is 14.7. The molecule has 0 spiro atoms. The number of ether oxygens (including phenoxy) is 1. The van der Waals surface area contributed by atoms with Crippen molar-refractivity contribution < 1.29 is 4.74 Å². The Bertz CT molecular complexity index is 1020. The summed E-state index contributed by atoms with van der Waals surface area (Å²) in [7, 11) is 0. The Kier molecular flexibility index (Phi) is 5.26. The zero-order valence-corrected chi connectivity index (χ0v) is 17.8. The highest BCUT2D eigenvalue weighted by Gasteiger charge is 2.21. The summed E-state index contributed by atoms with van der Waals surface area (Å²) in [4.78, 5) is 16.6. The lowest BCUT2D eigenvalue weighted by Crippen LogP contribution is -2.46. The summed E-state index contributed by atoms with van der Waals surface area (Å²) in [6, 6.07) is 10.8. The average molecular weight is 408 g/mol. The van der Waals surface area contributed by atoms with E-state index >= 15 is 0 Å². The zero-order chi connectivity index (χ0) is 20.5. The van der Waals surface area contributed by atoms with Gasteiger partial charge in [0.25, 0.3) is 5.78 Å². The average Bonchev–Trinajstić information content (AvgIpc) is 3.16. The van der Waals surface area contributed by atoms with Crippen molar-refractivity contribution in [2.75, 3.05) is 62.3 Å². The number of fused-ring (bicyclic) bond motifs is 1. The summed E-state index contributed by atoms with van der Waals surface area (Å²) in [5.74, 6) is 2.58. The van der Waals surface area contributed by atoms with Crippen LogP contribution in [0.2, 0.25) is 0 Å². The fraction of sp³-hybridized carbons (Fsp3) is 0.500. The van der Waals surface area contributed by atoms with E-state index in [0.717, 1.165) is 76.4 Å². The van der Waals surface area contributed by atoms with Gasteiger partial charge in [0.2, 0.25) is 0 Å². The molecule has 0 unspecified atom stereocenters. The second-order valence-corrected chi connectivity index (χ2v) is 8.20. The minimum atomic E-state index is 0.685. The van der Waals surface area contributed by atoms with E-state index in [2.05, 4.69) is 56.9 Å². The lowest BCUT2D eigenvalue weighted by Gasteiger charge is -2.35. The molecule has 0 aliphatic carbocycles. The fourth-order valence-electron chi connectivity index (χ4n) is 4.28. The van der Waals surface area contributed by atoms with E-state index in [9.17, 15) is 0 Å². The minimum absolute atomic E-state index is 0.685. The van der Waals surface area contributed by atoms with Gasteiger partial charge in [-0.05, 0) is 31.5 Å². The molecule has 0 atom stereocenters. The van der Waals surface area contributed by atoms with Gasteiger partial charge in [0.05, 0.1) is 19.8 Å². The van der Waals surface area contributed by atoms with E-state index in [1.54, 1.807) is 0 Å². The van der Waals surface area contributed by atoms with E-state index < -0.39 is 0 Å². The Balaban J connectivity index is 1.29. The van der Waals surface area contributed by atoms with E-state index in [1.165, 1.54) is 11.3 Å². The molecule has 2 fully saturated rings. The normalized spacial score (nSPS) is 18.3. The standard InChI is InChI=1S/C22H29N7O/c1-17-4-3-5-19(14-17)27-8-6-26(7-9-27)16-20-24-22-23-18(2)15-21(29(22)25-20)28-10-12-30-13-11-28/h3-5,14-15H,6-13,16H2,1-2H3. The Morgan fingerprint density at radius 1 is 0.900 bits per heavy atom. The Morgan fingerprint density at radius 3 is 2.47 bits per heavy atom. The molecule has 5 rings (SSSR count). The third-order valence-electron chi connectivity index (χ3n) is 5.90. The van der Waals surface area contributed by atoms with E-state index in [4.69, 9.17) is 14.8 Å². The predicted octanol–water partition coefficient (Wildman–Crippen LogP) is 1.90. The number of hydrogen-bond donors (Lipinski definition) is 0. The highest BCUT2D eigenvalue weighted by molar-refractivity contribution is 5.49. The third-order valence-corrected chi connectivity index (χ3v) is 5.90. The summed E-state index contributed by atoms with van der Waals surface area (Å²) >= 11 is 0. The second-order valence-electron chi connectivity index (χ2n) is 8.20. The molecule has 4 heterocycles. The SMILES string of the molecule is Cc1cccc(N2CCN(Cc3nc4nc(C)cc(N5CCOCC5)n4n3)CC2)c1. The summed E-state index contributed by atoms with van der Waals surface area (Å²) in [5.41, 5.74) is 3.59. The van der Waals surface area contributed by atoms with Crippen LogP contribution in [0.1, 0.15) is 17.1 Å². The topological polar surface area (TPSA) is 62.0 Å². The van der Waals surface area contributed by atoms with E-state index in [-0.39, 0.29) is 0 Å². The first-order valence-corrected chi connectivity index (χ1v) is 10.8. The number of piperazine rings is 1. The van der Waals surface area contributed by atoms with Crippen molar-refractivity contribution in [2.45, 2.75) is 20.4 Å². The summed E-state index contributed by atoms with van der Waals surface area (Å²) < 4.78 is 7.40. The molecule has 2 aliphatic rings. The number of anilines is 2. The Labute approximate surface area is 177 Å². The number of aromatic nitrogens is 4. The minimum Gasteiger partial charge on any atom is -0.378 e. The first-order valence-electron chi connectivity index (χ1n) is 10.8. The van der Waals surface area contributed by atoms with Crippen molar-refractivity contribution in [1.82, 2.24) is 24.5 Å². The number of nitrogens with zero attached hydrogens (tertiary/aromatic N) is 7. The first kappa shape index (κ1) is 19.3. The van der Waals surface area contributed by atoms with Crippen LogP contribution in [0.5, 0.6) is 0 Å². The van der Waals surface area contributed by atoms with Crippen LogP contribution >= 0.6 is 0 Å². The maximum absolute atomic E-state index is 5.50. The molecule has 0 radical (unpaired) electrons. The summed E-state index contributed by atoms with van der Waals surface area (Å²) in [6.07, 6.45) is 0. The van der Waals surface area contributed by atoms with Crippen molar-refractivity contribution in [3.63, 3.8) is 0 Å². The van der Waals surface area contributed by atoms with Crippen LogP contribution in [-0.2, 0) is 11.3 Å². The monoisotopic (exact) mass is 407 g/mol. The number of aryl methyl sites for hydroxylation is 2. The van der Waals surface area contributed by atoms with Gasteiger partial charge in [-0.25, -0.2) is 4.98 Å². The lowest BCUT2D eigenvalue weighted by molar-refractivity contribution is 0.122. The second kappa shape index (κ2) is 8.20. The Morgan fingerprint density at radius 2 is 1.70 bits per heavy atom. The van der Waals surface area contributed by atoms with E-state index in [0.29, 0.717) is 5.78 Å². The van der Waals surface area contributed by atoms with Crippen molar-refractivity contribution in [3.8, 4) is 0 Å². The fourth-order valence-corrected chi connectivity index (χ4v) is 4.28. The molecule has 2 aromatic heterocycles. The van der Waals surface area contributed by atoms with Gasteiger partial charge in [-0.15, -0.1) is 5.10 Å². The van der Waals surface area contributed by atoms with Crippen molar-refractivity contribution >= 4 is 17.3 Å². The molecule has 1 aromatic carbocycles. The Hall–Kier alpha value is -2.71. The van der Waals surface area contributed by atoms with Crippen LogP contribution < -0.4 is 9.80 Å². The van der Waals surface area contributed by atoms with Crippen LogP contribution in [0.15, 0.2) is 30.3 Å². The van der Waals surface area contributed by atoms with Gasteiger partial charge >= 0.3 is 0 Å². The van der Waals surface area contributed by atoms with Crippen LogP contribution in [0, 0.1) is 13.8 Å². The van der Waals surface area contributed by atoms with Gasteiger partial charge < -0.3 is 14.5 Å². The molecular weight excluding hydrogens is 378 g/mol.